The van der Waals surface area contributed by atoms with Gasteiger partial charge in [-0.2, -0.15) is 0 Å². The van der Waals surface area contributed by atoms with Gasteiger partial charge in [0.1, 0.15) is 23.7 Å². The first-order valence-corrected chi connectivity index (χ1v) is 7.77. The van der Waals surface area contributed by atoms with Crippen molar-refractivity contribution in [3.05, 3.63) is 35.4 Å². The first-order chi connectivity index (χ1) is 11.4. The Labute approximate surface area is 137 Å². The summed E-state index contributed by atoms with van der Waals surface area (Å²) in [5.41, 5.74) is -0.139. The quantitative estimate of drug-likeness (QED) is 0.847. The van der Waals surface area contributed by atoms with E-state index < -0.39 is 35.7 Å². The van der Waals surface area contributed by atoms with E-state index in [0.717, 1.165) is 12.1 Å². The van der Waals surface area contributed by atoms with E-state index in [4.69, 9.17) is 0 Å². The summed E-state index contributed by atoms with van der Waals surface area (Å²) in [6.07, 6.45) is 0.769. The minimum atomic E-state index is -0.843. The predicted molar refractivity (Wildman–Crippen MR) is 80.0 cm³/mol. The van der Waals surface area contributed by atoms with Crippen LogP contribution in [0.3, 0.4) is 0 Å². The molecule has 3 rings (SSSR count). The Morgan fingerprint density at radius 1 is 1.29 bits per heavy atom. The molecule has 0 radical (unpaired) electrons. The van der Waals surface area contributed by atoms with E-state index in [-0.39, 0.29) is 30.3 Å². The molecule has 2 fully saturated rings. The number of carbonyl (C=O) groups is 3. The molecule has 3 atom stereocenters. The molecule has 0 bridgehead atoms. The van der Waals surface area contributed by atoms with Gasteiger partial charge in [0.2, 0.25) is 11.8 Å². The van der Waals surface area contributed by atoms with E-state index in [1.165, 1.54) is 4.90 Å². The second kappa shape index (κ2) is 6.18. The van der Waals surface area contributed by atoms with Gasteiger partial charge < -0.3 is 15.5 Å². The monoisotopic (exact) mass is 337 g/mol. The van der Waals surface area contributed by atoms with Gasteiger partial charge in [-0.3, -0.25) is 14.4 Å². The van der Waals surface area contributed by atoms with Crippen molar-refractivity contribution in [1.29, 1.82) is 0 Å². The first kappa shape index (κ1) is 16.4. The number of rotatable bonds is 3. The predicted octanol–water partition coefficient (Wildman–Crippen LogP) is 0.572. The number of benzene rings is 1. The van der Waals surface area contributed by atoms with E-state index in [1.54, 1.807) is 6.92 Å². The van der Waals surface area contributed by atoms with Gasteiger partial charge in [0.25, 0.3) is 5.91 Å². The molecule has 6 nitrogen and oxygen atoms in total. The number of nitrogens with zero attached hydrogens (tertiary/aromatic N) is 1. The molecule has 3 amide bonds. The molecule has 128 valence electrons. The van der Waals surface area contributed by atoms with E-state index >= 15 is 0 Å². The topological polar surface area (TPSA) is 78.5 Å². The highest BCUT2D eigenvalue weighted by molar-refractivity contribution is 5.98. The minimum absolute atomic E-state index is 0.139. The van der Waals surface area contributed by atoms with Crippen LogP contribution < -0.4 is 10.6 Å². The lowest BCUT2D eigenvalue weighted by Crippen LogP contribution is -2.60. The third-order valence-electron chi connectivity index (χ3n) is 4.37. The van der Waals surface area contributed by atoms with Crippen molar-refractivity contribution >= 4 is 17.7 Å². The van der Waals surface area contributed by atoms with Crippen LogP contribution in [0.25, 0.3) is 0 Å². The van der Waals surface area contributed by atoms with Gasteiger partial charge in [-0.15, -0.1) is 0 Å². The maximum absolute atomic E-state index is 13.2. The highest BCUT2D eigenvalue weighted by Gasteiger charge is 2.46. The fourth-order valence-electron chi connectivity index (χ4n) is 3.19. The summed E-state index contributed by atoms with van der Waals surface area (Å²) in [6, 6.07) is 0.951. The number of piperazine rings is 1. The van der Waals surface area contributed by atoms with Crippen molar-refractivity contribution in [3.8, 4) is 0 Å². The van der Waals surface area contributed by atoms with Crippen LogP contribution >= 0.6 is 0 Å². The van der Waals surface area contributed by atoms with Crippen molar-refractivity contribution in [3.63, 3.8) is 0 Å². The lowest BCUT2D eigenvalue weighted by molar-refractivity contribution is -0.147. The highest BCUT2D eigenvalue weighted by atomic mass is 19.1. The summed E-state index contributed by atoms with van der Waals surface area (Å²) >= 11 is 0. The average Bonchev–Trinajstić information content (AvgIpc) is 2.94. The first-order valence-electron chi connectivity index (χ1n) is 7.77. The Morgan fingerprint density at radius 2 is 1.96 bits per heavy atom. The molecular weight excluding hydrogens is 320 g/mol. The standard InChI is InChI=1S/C16H17F2N3O3/c1-2-12-16(24)21-7-11(6-13(21)15(23)20-12)19-14(22)8-3-9(17)5-10(18)4-8/h3-5,11-13H,2,6-7H2,1H3,(H,19,22)(H,20,23)/t11-,12-,13-/m0/s1. The summed E-state index contributed by atoms with van der Waals surface area (Å²) in [7, 11) is 0. The fraction of sp³-hybridized carbons (Fsp3) is 0.438. The van der Waals surface area contributed by atoms with Gasteiger partial charge in [0.05, 0.1) is 0 Å². The van der Waals surface area contributed by atoms with Gasteiger partial charge in [-0.1, -0.05) is 6.92 Å². The summed E-state index contributed by atoms with van der Waals surface area (Å²) in [5, 5.41) is 5.30. The normalized spacial score (nSPS) is 26.1. The molecular formula is C16H17F2N3O3. The van der Waals surface area contributed by atoms with E-state index in [9.17, 15) is 23.2 Å². The Bertz CT molecular complexity index is 690. The van der Waals surface area contributed by atoms with Crippen LogP contribution in [0, 0.1) is 11.6 Å². The van der Waals surface area contributed by atoms with Crippen LogP contribution in [0.5, 0.6) is 0 Å². The number of hydrogen-bond acceptors (Lipinski definition) is 3. The second-order valence-corrected chi connectivity index (χ2v) is 6.04. The molecule has 2 heterocycles. The van der Waals surface area contributed by atoms with Gasteiger partial charge in [-0.25, -0.2) is 8.78 Å². The van der Waals surface area contributed by atoms with Gasteiger partial charge in [0.15, 0.2) is 0 Å². The number of fused-ring (bicyclic) bond motifs is 1. The lowest BCUT2D eigenvalue weighted by Gasteiger charge is -2.33. The SMILES string of the molecule is CC[C@@H]1NC(=O)[C@@H]2C[C@H](NC(=O)c3cc(F)cc(F)c3)CN2C1=O. The maximum Gasteiger partial charge on any atom is 0.251 e. The number of halogens is 2. The van der Waals surface area contributed by atoms with Gasteiger partial charge in [-0.05, 0) is 25.0 Å². The molecule has 8 heteroatoms. The molecule has 0 aromatic heterocycles. The molecule has 1 aromatic rings. The van der Waals surface area contributed by atoms with E-state index in [1.807, 2.05) is 0 Å². The van der Waals surface area contributed by atoms with Gasteiger partial charge >= 0.3 is 0 Å². The Kier molecular flexibility index (Phi) is 4.21. The Hall–Kier alpha value is -2.51. The zero-order valence-corrected chi connectivity index (χ0v) is 13.0. The van der Waals surface area contributed by atoms with Crippen LogP contribution in [0.4, 0.5) is 8.78 Å². The minimum Gasteiger partial charge on any atom is -0.347 e. The molecule has 2 aliphatic rings. The molecule has 2 N–H and O–H groups in total. The van der Waals surface area contributed by atoms with E-state index in [0.29, 0.717) is 12.5 Å². The van der Waals surface area contributed by atoms with Crippen LogP contribution in [-0.2, 0) is 9.59 Å². The van der Waals surface area contributed by atoms with Crippen molar-refractivity contribution in [2.75, 3.05) is 6.54 Å². The fourth-order valence-corrected chi connectivity index (χ4v) is 3.19. The van der Waals surface area contributed by atoms with Crippen molar-refractivity contribution in [2.45, 2.75) is 37.9 Å². The summed E-state index contributed by atoms with van der Waals surface area (Å²) in [5.74, 6) is -2.74. The Morgan fingerprint density at radius 3 is 2.58 bits per heavy atom. The molecule has 0 aliphatic carbocycles. The van der Waals surface area contributed by atoms with Crippen LogP contribution in [-0.4, -0.2) is 47.3 Å². The average molecular weight is 337 g/mol. The van der Waals surface area contributed by atoms with Crippen LogP contribution in [0.2, 0.25) is 0 Å². The van der Waals surface area contributed by atoms with Crippen LogP contribution in [0.1, 0.15) is 30.1 Å². The Balaban J connectivity index is 1.70. The van der Waals surface area contributed by atoms with E-state index in [2.05, 4.69) is 10.6 Å². The molecule has 24 heavy (non-hydrogen) atoms. The van der Waals surface area contributed by atoms with Crippen molar-refractivity contribution in [2.24, 2.45) is 0 Å². The summed E-state index contributed by atoms with van der Waals surface area (Å²) < 4.78 is 26.4. The largest absolute Gasteiger partial charge is 0.347 e. The number of amides is 3. The second-order valence-electron chi connectivity index (χ2n) is 6.04. The van der Waals surface area contributed by atoms with Gasteiger partial charge in [0, 0.05) is 24.2 Å². The summed E-state index contributed by atoms with van der Waals surface area (Å²) in [6.45, 7) is 2.01. The molecule has 0 saturated carbocycles. The maximum atomic E-state index is 13.2. The third-order valence-corrected chi connectivity index (χ3v) is 4.37. The zero-order chi connectivity index (χ0) is 17.4. The third kappa shape index (κ3) is 2.95. The van der Waals surface area contributed by atoms with Crippen LogP contribution in [0.15, 0.2) is 18.2 Å². The lowest BCUT2D eigenvalue weighted by atomic mass is 10.1. The highest BCUT2D eigenvalue weighted by Crippen LogP contribution is 2.23. The molecule has 0 unspecified atom stereocenters. The molecule has 0 spiro atoms. The number of hydrogen-bond donors (Lipinski definition) is 2. The van der Waals surface area contributed by atoms with Crippen molar-refractivity contribution < 1.29 is 23.2 Å². The van der Waals surface area contributed by atoms with Crippen molar-refractivity contribution in [1.82, 2.24) is 15.5 Å². The molecule has 2 saturated heterocycles. The number of nitrogens with one attached hydrogen (secondary N) is 2. The summed E-state index contributed by atoms with van der Waals surface area (Å²) in [4.78, 5) is 37.9. The molecule has 2 aliphatic heterocycles. The zero-order valence-electron chi connectivity index (χ0n) is 13.0. The number of carbonyl (C=O) groups excluding carboxylic acids is 3. The molecule has 1 aromatic carbocycles. The smallest absolute Gasteiger partial charge is 0.251 e.